The van der Waals surface area contributed by atoms with Crippen LogP contribution in [-0.2, 0) is 22.3 Å². The van der Waals surface area contributed by atoms with Crippen LogP contribution in [0.15, 0.2) is 54.6 Å². The standard InChI is InChI=1S/C18H20N4OS/c1-14(2)16-10-8-15(9-11-16)12-24(23)13-18-19-20-21-22(18)17-6-4-3-5-7-17/h3-11,14H,12-13H2,1-2H3/t24-/m1/s1. The second-order valence-electron chi connectivity index (χ2n) is 5.97. The summed E-state index contributed by atoms with van der Waals surface area (Å²) in [5.74, 6) is 1.94. The summed E-state index contributed by atoms with van der Waals surface area (Å²) < 4.78 is 14.1. The van der Waals surface area contributed by atoms with Crippen molar-refractivity contribution in [2.24, 2.45) is 0 Å². The van der Waals surface area contributed by atoms with Gasteiger partial charge in [0.25, 0.3) is 0 Å². The second-order valence-corrected chi connectivity index (χ2v) is 7.42. The Labute approximate surface area is 144 Å². The van der Waals surface area contributed by atoms with Gasteiger partial charge < -0.3 is 0 Å². The fourth-order valence-corrected chi connectivity index (χ4v) is 3.58. The van der Waals surface area contributed by atoms with Crippen molar-refractivity contribution in [3.05, 3.63) is 71.5 Å². The topological polar surface area (TPSA) is 60.7 Å². The zero-order valence-electron chi connectivity index (χ0n) is 13.8. The quantitative estimate of drug-likeness (QED) is 0.691. The average Bonchev–Trinajstić information content (AvgIpc) is 3.04. The molecule has 1 heterocycles. The molecule has 0 aliphatic rings. The molecule has 24 heavy (non-hydrogen) atoms. The molecule has 2 aromatic carbocycles. The minimum atomic E-state index is -1.07. The van der Waals surface area contributed by atoms with Crippen molar-refractivity contribution in [1.82, 2.24) is 20.2 Å². The molecule has 6 heteroatoms. The van der Waals surface area contributed by atoms with Crippen LogP contribution >= 0.6 is 0 Å². The number of tetrazole rings is 1. The third-order valence-corrected chi connectivity index (χ3v) is 5.03. The molecule has 0 amide bonds. The number of para-hydroxylation sites is 1. The van der Waals surface area contributed by atoms with E-state index >= 15 is 0 Å². The second kappa shape index (κ2) is 7.49. The summed E-state index contributed by atoms with van der Waals surface area (Å²) in [5.41, 5.74) is 3.23. The SMILES string of the molecule is CC(C)c1ccc(C[S@@](=O)Cc2nnnn2-c2ccccc2)cc1. The first-order valence-corrected chi connectivity index (χ1v) is 9.39. The molecule has 124 valence electrons. The fraction of sp³-hybridized carbons (Fsp3) is 0.278. The number of hydrogen-bond donors (Lipinski definition) is 0. The molecule has 0 aliphatic carbocycles. The van der Waals surface area contributed by atoms with Gasteiger partial charge in [-0.3, -0.25) is 4.21 Å². The van der Waals surface area contributed by atoms with Gasteiger partial charge in [0, 0.05) is 16.6 Å². The van der Waals surface area contributed by atoms with Gasteiger partial charge in [-0.25, -0.2) is 0 Å². The molecular formula is C18H20N4OS. The maximum Gasteiger partial charge on any atom is 0.169 e. The van der Waals surface area contributed by atoms with Gasteiger partial charge in [0.05, 0.1) is 11.4 Å². The molecular weight excluding hydrogens is 320 g/mol. The summed E-state index contributed by atoms with van der Waals surface area (Å²) in [4.78, 5) is 0. The van der Waals surface area contributed by atoms with Gasteiger partial charge in [0.1, 0.15) is 0 Å². The Morgan fingerprint density at radius 2 is 1.71 bits per heavy atom. The highest BCUT2D eigenvalue weighted by atomic mass is 32.2. The summed E-state index contributed by atoms with van der Waals surface area (Å²) in [6.07, 6.45) is 0. The molecule has 0 saturated heterocycles. The van der Waals surface area contributed by atoms with E-state index in [0.717, 1.165) is 11.3 Å². The molecule has 3 aromatic rings. The molecule has 0 aliphatic heterocycles. The fourth-order valence-electron chi connectivity index (χ4n) is 2.45. The van der Waals surface area contributed by atoms with Crippen molar-refractivity contribution >= 4 is 10.8 Å². The monoisotopic (exact) mass is 340 g/mol. The van der Waals surface area contributed by atoms with Crippen LogP contribution in [0.5, 0.6) is 0 Å². The van der Waals surface area contributed by atoms with Gasteiger partial charge in [-0.05, 0) is 39.6 Å². The van der Waals surface area contributed by atoms with Crippen LogP contribution in [0.4, 0.5) is 0 Å². The predicted octanol–water partition coefficient (Wildman–Crippen LogP) is 3.23. The third-order valence-electron chi connectivity index (χ3n) is 3.80. The first kappa shape index (κ1) is 16.5. The summed E-state index contributed by atoms with van der Waals surface area (Å²) in [6, 6.07) is 17.9. The summed E-state index contributed by atoms with van der Waals surface area (Å²) >= 11 is 0. The molecule has 0 saturated carbocycles. The van der Waals surface area contributed by atoms with Crippen LogP contribution in [0.1, 0.15) is 36.7 Å². The Morgan fingerprint density at radius 3 is 2.38 bits per heavy atom. The van der Waals surface area contributed by atoms with Crippen molar-refractivity contribution in [1.29, 1.82) is 0 Å². The van der Waals surface area contributed by atoms with Gasteiger partial charge in [0.2, 0.25) is 0 Å². The molecule has 0 bridgehead atoms. The lowest BCUT2D eigenvalue weighted by molar-refractivity contribution is 0.679. The van der Waals surface area contributed by atoms with Crippen LogP contribution in [0.3, 0.4) is 0 Å². The van der Waals surface area contributed by atoms with E-state index in [4.69, 9.17) is 0 Å². The molecule has 3 rings (SSSR count). The number of benzene rings is 2. The van der Waals surface area contributed by atoms with Crippen LogP contribution < -0.4 is 0 Å². The Balaban J connectivity index is 1.69. The maximum absolute atomic E-state index is 12.5. The molecule has 0 fully saturated rings. The number of aromatic nitrogens is 4. The highest BCUT2D eigenvalue weighted by Gasteiger charge is 2.12. The zero-order chi connectivity index (χ0) is 16.9. The van der Waals surface area contributed by atoms with Crippen LogP contribution in [0.25, 0.3) is 5.69 Å². The Hall–Kier alpha value is -2.34. The highest BCUT2D eigenvalue weighted by Crippen LogP contribution is 2.16. The smallest absolute Gasteiger partial charge is 0.169 e. The molecule has 5 nitrogen and oxygen atoms in total. The van der Waals surface area contributed by atoms with Crippen molar-refractivity contribution < 1.29 is 4.21 Å². The molecule has 0 unspecified atom stereocenters. The number of nitrogens with zero attached hydrogens (tertiary/aromatic N) is 4. The minimum Gasteiger partial charge on any atom is -0.259 e. The third kappa shape index (κ3) is 3.94. The van der Waals surface area contributed by atoms with E-state index in [2.05, 4.69) is 41.5 Å². The largest absolute Gasteiger partial charge is 0.259 e. The summed E-state index contributed by atoms with van der Waals surface area (Å²) in [5, 5.41) is 11.7. The Kier molecular flexibility index (Phi) is 5.15. The lowest BCUT2D eigenvalue weighted by atomic mass is 10.0. The van der Waals surface area contributed by atoms with Crippen molar-refractivity contribution in [3.63, 3.8) is 0 Å². The molecule has 1 aromatic heterocycles. The lowest BCUT2D eigenvalue weighted by Gasteiger charge is -2.07. The Bertz CT molecular complexity index is 813. The zero-order valence-corrected chi connectivity index (χ0v) is 14.6. The maximum atomic E-state index is 12.5. The predicted molar refractivity (Wildman–Crippen MR) is 95.2 cm³/mol. The minimum absolute atomic E-state index is 0.327. The lowest BCUT2D eigenvalue weighted by Crippen LogP contribution is -2.07. The van der Waals surface area contributed by atoms with Crippen LogP contribution in [0.2, 0.25) is 0 Å². The number of hydrogen-bond acceptors (Lipinski definition) is 4. The molecule has 1 atom stereocenters. The van der Waals surface area contributed by atoms with Crippen LogP contribution in [-0.4, -0.2) is 24.4 Å². The molecule has 0 spiro atoms. The highest BCUT2D eigenvalue weighted by molar-refractivity contribution is 7.83. The summed E-state index contributed by atoms with van der Waals surface area (Å²) in [6.45, 7) is 4.33. The van der Waals surface area contributed by atoms with Gasteiger partial charge in [0.15, 0.2) is 5.82 Å². The molecule has 0 radical (unpaired) electrons. The molecule has 0 N–H and O–H groups in total. The van der Waals surface area contributed by atoms with Gasteiger partial charge in [-0.1, -0.05) is 56.3 Å². The van der Waals surface area contributed by atoms with E-state index in [0.29, 0.717) is 23.2 Å². The van der Waals surface area contributed by atoms with E-state index in [9.17, 15) is 4.21 Å². The van der Waals surface area contributed by atoms with Crippen LogP contribution in [0, 0.1) is 0 Å². The van der Waals surface area contributed by atoms with E-state index < -0.39 is 10.8 Å². The Morgan fingerprint density at radius 1 is 1.00 bits per heavy atom. The van der Waals surface area contributed by atoms with Crippen molar-refractivity contribution in [2.45, 2.75) is 31.3 Å². The van der Waals surface area contributed by atoms with E-state index in [1.807, 2.05) is 42.5 Å². The van der Waals surface area contributed by atoms with Gasteiger partial charge in [-0.15, -0.1) is 5.10 Å². The van der Waals surface area contributed by atoms with Crippen molar-refractivity contribution in [3.8, 4) is 5.69 Å². The van der Waals surface area contributed by atoms with E-state index in [1.54, 1.807) is 4.68 Å². The first-order chi connectivity index (χ1) is 11.6. The van der Waals surface area contributed by atoms with Gasteiger partial charge in [-0.2, -0.15) is 4.68 Å². The van der Waals surface area contributed by atoms with Crippen molar-refractivity contribution in [2.75, 3.05) is 0 Å². The number of rotatable bonds is 6. The summed E-state index contributed by atoms with van der Waals surface area (Å²) in [7, 11) is -1.07. The first-order valence-electron chi connectivity index (χ1n) is 7.90. The van der Waals surface area contributed by atoms with Gasteiger partial charge >= 0.3 is 0 Å². The average molecular weight is 340 g/mol. The van der Waals surface area contributed by atoms with E-state index in [-0.39, 0.29) is 0 Å². The normalized spacial score (nSPS) is 12.5. The van der Waals surface area contributed by atoms with E-state index in [1.165, 1.54) is 5.56 Å².